The molecule has 5 nitrogen and oxygen atoms in total. The molecule has 0 aliphatic heterocycles. The van der Waals surface area contributed by atoms with Gasteiger partial charge in [0.2, 0.25) is 5.28 Å². The number of nitrogens with one attached hydrogen (secondary N) is 1. The number of benzene rings is 2. The van der Waals surface area contributed by atoms with Crippen molar-refractivity contribution >= 4 is 39.1 Å². The topological polar surface area (TPSA) is 59.9 Å². The summed E-state index contributed by atoms with van der Waals surface area (Å²) in [7, 11) is 0. The van der Waals surface area contributed by atoms with Crippen LogP contribution in [0, 0.1) is 6.92 Å². The largest absolute Gasteiger partial charge is 0.573 e. The van der Waals surface area contributed by atoms with Gasteiger partial charge in [0.25, 0.3) is 0 Å². The molecule has 2 aromatic carbocycles. The predicted molar refractivity (Wildman–Crippen MR) is 120 cm³/mol. The van der Waals surface area contributed by atoms with Crippen molar-refractivity contribution < 1.29 is 17.9 Å². The summed E-state index contributed by atoms with van der Waals surface area (Å²) in [6.45, 7) is 2.61. The number of anilines is 1. The zero-order chi connectivity index (χ0) is 22.7. The van der Waals surface area contributed by atoms with Crippen LogP contribution in [0.25, 0.3) is 21.5 Å². The number of hydrogen-bond acceptors (Lipinski definition) is 6. The summed E-state index contributed by atoms with van der Waals surface area (Å²) in [5.41, 5.74) is 3.62. The second kappa shape index (κ2) is 9.30. The summed E-state index contributed by atoms with van der Waals surface area (Å²) in [6, 6.07) is 13.8. The second-order valence-corrected chi connectivity index (χ2v) is 8.55. The first-order valence-corrected chi connectivity index (χ1v) is 11.0. The standard InChI is InChI=1S/C22H18ClF3N4OS/c1-13-28-18-19(29-21(23)30-20(18)32-13)27-12-2-3-14-4-6-15(7-5-14)16-8-10-17(11-9-16)31-22(24,25)26/h4-11H,2-3,12H2,1H3,(H,27,29,30). The van der Waals surface area contributed by atoms with Crippen LogP contribution in [0.5, 0.6) is 5.75 Å². The highest BCUT2D eigenvalue weighted by molar-refractivity contribution is 7.18. The van der Waals surface area contributed by atoms with Crippen LogP contribution in [0.3, 0.4) is 0 Å². The Kier molecular flexibility index (Phi) is 6.48. The molecular weight excluding hydrogens is 461 g/mol. The number of ether oxygens (including phenoxy) is 1. The quantitative estimate of drug-likeness (QED) is 0.238. The lowest BCUT2D eigenvalue weighted by Gasteiger charge is -2.10. The minimum Gasteiger partial charge on any atom is -0.406 e. The van der Waals surface area contributed by atoms with Crippen LogP contribution in [-0.4, -0.2) is 27.9 Å². The Morgan fingerprint density at radius 2 is 1.62 bits per heavy atom. The van der Waals surface area contributed by atoms with Crippen LogP contribution in [-0.2, 0) is 6.42 Å². The van der Waals surface area contributed by atoms with Crippen LogP contribution < -0.4 is 10.1 Å². The first-order chi connectivity index (χ1) is 15.3. The molecule has 0 atom stereocenters. The third-order valence-corrected chi connectivity index (χ3v) is 5.68. The SMILES string of the molecule is Cc1nc2c(NCCCc3ccc(-c4ccc(OC(F)(F)F)cc4)cc3)nc(Cl)nc2s1. The summed E-state index contributed by atoms with van der Waals surface area (Å²) in [5.74, 6) is 0.401. The molecule has 1 N–H and O–H groups in total. The van der Waals surface area contributed by atoms with Crippen LogP contribution in [0.4, 0.5) is 19.0 Å². The minimum absolute atomic E-state index is 0.192. The fourth-order valence-corrected chi connectivity index (χ4v) is 4.24. The third-order valence-electron chi connectivity index (χ3n) is 4.65. The molecule has 0 aliphatic rings. The van der Waals surface area contributed by atoms with Crippen molar-refractivity contribution in [1.29, 1.82) is 0 Å². The fourth-order valence-electron chi connectivity index (χ4n) is 3.24. The molecule has 166 valence electrons. The van der Waals surface area contributed by atoms with Gasteiger partial charge in [-0.3, -0.25) is 0 Å². The summed E-state index contributed by atoms with van der Waals surface area (Å²) in [5, 5.41) is 4.38. The number of aryl methyl sites for hydroxylation is 2. The molecule has 0 spiro atoms. The second-order valence-electron chi connectivity index (χ2n) is 7.03. The third kappa shape index (κ3) is 5.66. The zero-order valence-electron chi connectivity index (χ0n) is 16.9. The zero-order valence-corrected chi connectivity index (χ0v) is 18.5. The molecule has 0 amide bonds. The van der Waals surface area contributed by atoms with E-state index in [1.165, 1.54) is 23.5 Å². The van der Waals surface area contributed by atoms with Crippen molar-refractivity contribution in [2.45, 2.75) is 26.1 Å². The molecule has 4 rings (SSSR count). The Bertz CT molecular complexity index is 1210. The Balaban J connectivity index is 1.32. The summed E-state index contributed by atoms with van der Waals surface area (Å²) >= 11 is 7.48. The molecule has 2 aromatic heterocycles. The van der Waals surface area contributed by atoms with Crippen LogP contribution in [0.2, 0.25) is 5.28 Å². The van der Waals surface area contributed by atoms with Crippen molar-refractivity contribution in [2.24, 2.45) is 0 Å². The number of fused-ring (bicyclic) bond motifs is 1. The monoisotopic (exact) mass is 478 g/mol. The maximum absolute atomic E-state index is 12.3. The van der Waals surface area contributed by atoms with Crippen LogP contribution in [0.1, 0.15) is 17.0 Å². The Labute approximate surface area is 191 Å². The summed E-state index contributed by atoms with van der Waals surface area (Å²) in [6.07, 6.45) is -2.97. The highest BCUT2D eigenvalue weighted by Gasteiger charge is 2.30. The molecule has 0 fully saturated rings. The molecule has 0 unspecified atom stereocenters. The van der Waals surface area contributed by atoms with E-state index in [1.54, 1.807) is 12.1 Å². The van der Waals surface area contributed by atoms with Gasteiger partial charge in [0.15, 0.2) is 10.6 Å². The molecule has 0 saturated heterocycles. The fraction of sp³-hybridized carbons (Fsp3) is 0.227. The minimum atomic E-state index is -4.69. The van der Waals surface area contributed by atoms with E-state index in [-0.39, 0.29) is 11.0 Å². The molecule has 32 heavy (non-hydrogen) atoms. The highest BCUT2D eigenvalue weighted by atomic mass is 35.5. The van der Waals surface area contributed by atoms with E-state index in [0.717, 1.165) is 44.9 Å². The average molecular weight is 479 g/mol. The van der Waals surface area contributed by atoms with Crippen molar-refractivity contribution in [1.82, 2.24) is 15.0 Å². The van der Waals surface area contributed by atoms with E-state index in [0.29, 0.717) is 12.4 Å². The van der Waals surface area contributed by atoms with Gasteiger partial charge in [-0.2, -0.15) is 4.98 Å². The lowest BCUT2D eigenvalue weighted by atomic mass is 10.0. The molecule has 4 aromatic rings. The average Bonchev–Trinajstić information content (AvgIpc) is 3.11. The Morgan fingerprint density at radius 3 is 2.28 bits per heavy atom. The van der Waals surface area contributed by atoms with E-state index in [1.807, 2.05) is 31.2 Å². The van der Waals surface area contributed by atoms with Gasteiger partial charge >= 0.3 is 6.36 Å². The molecular formula is C22H18ClF3N4OS. The van der Waals surface area contributed by atoms with Gasteiger partial charge in [0.05, 0.1) is 5.01 Å². The van der Waals surface area contributed by atoms with Crippen LogP contribution >= 0.6 is 22.9 Å². The van der Waals surface area contributed by atoms with Gasteiger partial charge in [-0.1, -0.05) is 47.7 Å². The van der Waals surface area contributed by atoms with E-state index < -0.39 is 6.36 Å². The number of thiazole rings is 1. The molecule has 0 aliphatic carbocycles. The normalized spacial score (nSPS) is 11.7. The smallest absolute Gasteiger partial charge is 0.406 e. The molecule has 0 radical (unpaired) electrons. The number of rotatable bonds is 7. The number of halogens is 4. The van der Waals surface area contributed by atoms with Crippen molar-refractivity contribution in [3.8, 4) is 16.9 Å². The molecule has 10 heteroatoms. The van der Waals surface area contributed by atoms with E-state index in [9.17, 15) is 13.2 Å². The van der Waals surface area contributed by atoms with Crippen LogP contribution in [0.15, 0.2) is 48.5 Å². The number of nitrogens with zero attached hydrogens (tertiary/aromatic N) is 3. The van der Waals surface area contributed by atoms with Gasteiger partial charge in [0.1, 0.15) is 11.3 Å². The molecule has 0 bridgehead atoms. The van der Waals surface area contributed by atoms with Gasteiger partial charge in [-0.05, 0) is 60.2 Å². The first-order valence-electron chi connectivity index (χ1n) is 9.76. The first kappa shape index (κ1) is 22.3. The summed E-state index contributed by atoms with van der Waals surface area (Å²) < 4.78 is 40.7. The van der Waals surface area contributed by atoms with Crippen molar-refractivity contribution in [2.75, 3.05) is 11.9 Å². The lowest BCUT2D eigenvalue weighted by molar-refractivity contribution is -0.274. The maximum Gasteiger partial charge on any atom is 0.573 e. The lowest BCUT2D eigenvalue weighted by Crippen LogP contribution is -2.16. The molecule has 2 heterocycles. The van der Waals surface area contributed by atoms with E-state index in [4.69, 9.17) is 11.6 Å². The van der Waals surface area contributed by atoms with E-state index in [2.05, 4.69) is 25.0 Å². The highest BCUT2D eigenvalue weighted by Crippen LogP contribution is 2.28. The van der Waals surface area contributed by atoms with Gasteiger partial charge in [-0.25, -0.2) is 9.97 Å². The number of aromatic nitrogens is 3. The van der Waals surface area contributed by atoms with Gasteiger partial charge in [-0.15, -0.1) is 13.2 Å². The molecule has 0 saturated carbocycles. The van der Waals surface area contributed by atoms with Crippen molar-refractivity contribution in [3.05, 3.63) is 64.4 Å². The number of hydrogen-bond donors (Lipinski definition) is 1. The van der Waals surface area contributed by atoms with Crippen molar-refractivity contribution in [3.63, 3.8) is 0 Å². The maximum atomic E-state index is 12.3. The van der Waals surface area contributed by atoms with Gasteiger partial charge in [0, 0.05) is 6.54 Å². The van der Waals surface area contributed by atoms with Gasteiger partial charge < -0.3 is 10.1 Å². The summed E-state index contributed by atoms with van der Waals surface area (Å²) in [4.78, 5) is 13.7. The number of alkyl halides is 3. The van der Waals surface area contributed by atoms with E-state index >= 15 is 0 Å². The Morgan fingerprint density at radius 1 is 0.969 bits per heavy atom. The Hall–Kier alpha value is -2.91. The predicted octanol–water partition coefficient (Wildman–Crippen LogP) is 6.66.